The van der Waals surface area contributed by atoms with Gasteiger partial charge >= 0.3 is 0 Å². The molecule has 0 atom stereocenters. The highest BCUT2D eigenvalue weighted by Crippen LogP contribution is 2.33. The van der Waals surface area contributed by atoms with Gasteiger partial charge in [0.05, 0.1) is 24.6 Å². The van der Waals surface area contributed by atoms with Crippen LogP contribution < -0.4 is 20.5 Å². The Balaban J connectivity index is 2.30. The van der Waals surface area contributed by atoms with E-state index in [0.29, 0.717) is 24.7 Å². The number of rotatable bonds is 6. The van der Waals surface area contributed by atoms with Crippen LogP contribution in [0.3, 0.4) is 0 Å². The Labute approximate surface area is 124 Å². The Bertz CT molecular complexity index is 622. The average molecular weight is 290 g/mol. The van der Waals surface area contributed by atoms with Crippen LogP contribution in [0, 0.1) is 6.92 Å². The number of aryl methyl sites for hydroxylation is 2. The van der Waals surface area contributed by atoms with Crippen LogP contribution in [0.1, 0.15) is 19.5 Å². The van der Waals surface area contributed by atoms with Gasteiger partial charge in [0.25, 0.3) is 0 Å². The molecule has 2 aromatic rings. The molecule has 0 unspecified atom stereocenters. The van der Waals surface area contributed by atoms with Gasteiger partial charge in [-0.15, -0.1) is 0 Å². The van der Waals surface area contributed by atoms with E-state index in [1.54, 1.807) is 4.68 Å². The molecule has 0 aliphatic rings. The van der Waals surface area contributed by atoms with Crippen molar-refractivity contribution in [1.29, 1.82) is 0 Å². The second-order valence-electron chi connectivity index (χ2n) is 4.62. The Morgan fingerprint density at radius 2 is 1.86 bits per heavy atom. The van der Waals surface area contributed by atoms with Gasteiger partial charge in [-0.05, 0) is 32.9 Å². The standard InChI is InChI=1S/C15H22N4O2/c1-5-20-12-8-7-11(9-13(12)21-6-2)17-15-14(16)10(3)18-19(15)4/h7-9,17H,5-6,16H2,1-4H3. The summed E-state index contributed by atoms with van der Waals surface area (Å²) in [4.78, 5) is 0. The number of nitrogens with zero attached hydrogens (tertiary/aromatic N) is 2. The zero-order valence-corrected chi connectivity index (χ0v) is 12.9. The number of hydrogen-bond acceptors (Lipinski definition) is 5. The molecule has 1 heterocycles. The van der Waals surface area contributed by atoms with Crippen LogP contribution in [0.2, 0.25) is 0 Å². The smallest absolute Gasteiger partial charge is 0.163 e. The molecule has 1 aromatic heterocycles. The van der Waals surface area contributed by atoms with Crippen LogP contribution in [0.25, 0.3) is 0 Å². The van der Waals surface area contributed by atoms with Gasteiger partial charge in [-0.3, -0.25) is 4.68 Å². The largest absolute Gasteiger partial charge is 0.490 e. The van der Waals surface area contributed by atoms with E-state index >= 15 is 0 Å². The molecule has 0 saturated heterocycles. The van der Waals surface area contributed by atoms with Crippen LogP contribution in [-0.2, 0) is 7.05 Å². The molecule has 6 nitrogen and oxygen atoms in total. The van der Waals surface area contributed by atoms with Crippen LogP contribution in [0.5, 0.6) is 11.5 Å². The number of ether oxygens (including phenoxy) is 2. The van der Waals surface area contributed by atoms with Gasteiger partial charge in [0.2, 0.25) is 0 Å². The summed E-state index contributed by atoms with van der Waals surface area (Å²) < 4.78 is 12.9. The summed E-state index contributed by atoms with van der Waals surface area (Å²) in [7, 11) is 1.85. The molecule has 0 aliphatic carbocycles. The van der Waals surface area contributed by atoms with E-state index < -0.39 is 0 Å². The Morgan fingerprint density at radius 3 is 2.43 bits per heavy atom. The lowest BCUT2D eigenvalue weighted by molar-refractivity contribution is 0.288. The average Bonchev–Trinajstić information content (AvgIpc) is 2.69. The third-order valence-corrected chi connectivity index (χ3v) is 3.07. The molecule has 2 rings (SSSR count). The summed E-state index contributed by atoms with van der Waals surface area (Å²) in [6.45, 7) is 6.95. The molecule has 114 valence electrons. The number of hydrogen-bond donors (Lipinski definition) is 2. The quantitative estimate of drug-likeness (QED) is 0.855. The zero-order valence-electron chi connectivity index (χ0n) is 12.9. The van der Waals surface area contributed by atoms with Crippen LogP contribution in [-0.4, -0.2) is 23.0 Å². The van der Waals surface area contributed by atoms with E-state index in [1.807, 2.05) is 46.0 Å². The zero-order chi connectivity index (χ0) is 15.4. The predicted molar refractivity (Wildman–Crippen MR) is 84.4 cm³/mol. The fourth-order valence-corrected chi connectivity index (χ4v) is 2.09. The molecule has 6 heteroatoms. The van der Waals surface area contributed by atoms with Crippen LogP contribution in [0.15, 0.2) is 18.2 Å². The van der Waals surface area contributed by atoms with E-state index in [9.17, 15) is 0 Å². The van der Waals surface area contributed by atoms with Gasteiger partial charge in [0.1, 0.15) is 0 Å². The van der Waals surface area contributed by atoms with Gasteiger partial charge in [0, 0.05) is 18.8 Å². The number of anilines is 3. The van der Waals surface area contributed by atoms with Gasteiger partial charge in [-0.25, -0.2) is 0 Å². The van der Waals surface area contributed by atoms with Crippen molar-refractivity contribution in [1.82, 2.24) is 9.78 Å². The maximum absolute atomic E-state index is 6.02. The molecular weight excluding hydrogens is 268 g/mol. The van der Waals surface area contributed by atoms with Crippen molar-refractivity contribution in [3.05, 3.63) is 23.9 Å². The first-order chi connectivity index (χ1) is 10.1. The number of nitrogen functional groups attached to an aromatic ring is 1. The highest BCUT2D eigenvalue weighted by Gasteiger charge is 2.12. The van der Waals surface area contributed by atoms with E-state index in [2.05, 4.69) is 10.4 Å². The molecule has 1 aromatic carbocycles. The molecule has 0 saturated carbocycles. The molecule has 0 fully saturated rings. The third-order valence-electron chi connectivity index (χ3n) is 3.07. The molecule has 0 amide bonds. The van der Waals surface area contributed by atoms with Crippen molar-refractivity contribution in [3.63, 3.8) is 0 Å². The minimum absolute atomic E-state index is 0.580. The lowest BCUT2D eigenvalue weighted by Gasteiger charge is -2.14. The Morgan fingerprint density at radius 1 is 1.19 bits per heavy atom. The number of nitrogens with one attached hydrogen (secondary N) is 1. The summed E-state index contributed by atoms with van der Waals surface area (Å²) in [6, 6.07) is 5.71. The summed E-state index contributed by atoms with van der Waals surface area (Å²) in [5, 5.41) is 7.56. The fourth-order valence-electron chi connectivity index (χ4n) is 2.09. The van der Waals surface area contributed by atoms with Crippen molar-refractivity contribution in [2.45, 2.75) is 20.8 Å². The van der Waals surface area contributed by atoms with E-state index in [1.165, 1.54) is 0 Å². The molecule has 21 heavy (non-hydrogen) atoms. The number of nitrogens with two attached hydrogens (primary N) is 1. The SMILES string of the molecule is CCOc1ccc(Nc2c(N)c(C)nn2C)cc1OCC. The molecule has 0 aliphatic heterocycles. The summed E-state index contributed by atoms with van der Waals surface area (Å²) in [6.07, 6.45) is 0. The van der Waals surface area contributed by atoms with Crippen molar-refractivity contribution in [3.8, 4) is 11.5 Å². The van der Waals surface area contributed by atoms with E-state index in [-0.39, 0.29) is 0 Å². The highest BCUT2D eigenvalue weighted by atomic mass is 16.5. The second kappa shape index (κ2) is 6.39. The predicted octanol–water partition coefficient (Wildman–Crippen LogP) is 2.85. The normalized spacial score (nSPS) is 10.5. The Kier molecular flexibility index (Phi) is 4.57. The first-order valence-corrected chi connectivity index (χ1v) is 7.02. The van der Waals surface area contributed by atoms with Crippen LogP contribution >= 0.6 is 0 Å². The minimum Gasteiger partial charge on any atom is -0.490 e. The maximum Gasteiger partial charge on any atom is 0.163 e. The first kappa shape index (κ1) is 15.0. The summed E-state index contributed by atoms with van der Waals surface area (Å²) in [5.41, 5.74) is 8.34. The van der Waals surface area contributed by atoms with Crippen molar-refractivity contribution >= 4 is 17.2 Å². The molecule has 0 radical (unpaired) electrons. The van der Waals surface area contributed by atoms with Crippen molar-refractivity contribution in [2.75, 3.05) is 24.3 Å². The van der Waals surface area contributed by atoms with E-state index in [0.717, 1.165) is 22.9 Å². The first-order valence-electron chi connectivity index (χ1n) is 7.02. The minimum atomic E-state index is 0.580. The topological polar surface area (TPSA) is 74.3 Å². The van der Waals surface area contributed by atoms with Gasteiger partial charge in [-0.2, -0.15) is 5.10 Å². The van der Waals surface area contributed by atoms with Crippen molar-refractivity contribution in [2.24, 2.45) is 7.05 Å². The molecule has 0 bridgehead atoms. The molecular formula is C15H22N4O2. The van der Waals surface area contributed by atoms with Gasteiger partial charge in [-0.1, -0.05) is 0 Å². The van der Waals surface area contributed by atoms with Gasteiger partial charge in [0.15, 0.2) is 17.3 Å². The van der Waals surface area contributed by atoms with Crippen LogP contribution in [0.4, 0.5) is 17.2 Å². The fraction of sp³-hybridized carbons (Fsp3) is 0.400. The third kappa shape index (κ3) is 3.21. The van der Waals surface area contributed by atoms with E-state index in [4.69, 9.17) is 15.2 Å². The lowest BCUT2D eigenvalue weighted by atomic mass is 10.2. The number of benzene rings is 1. The second-order valence-corrected chi connectivity index (χ2v) is 4.62. The molecule has 0 spiro atoms. The summed E-state index contributed by atoms with van der Waals surface area (Å²) in [5.74, 6) is 2.21. The lowest BCUT2D eigenvalue weighted by Crippen LogP contribution is -2.03. The number of aromatic nitrogens is 2. The monoisotopic (exact) mass is 290 g/mol. The summed E-state index contributed by atoms with van der Waals surface area (Å²) >= 11 is 0. The highest BCUT2D eigenvalue weighted by molar-refractivity contribution is 5.72. The molecule has 3 N–H and O–H groups in total. The maximum atomic E-state index is 6.02. The Hall–Kier alpha value is -2.37. The van der Waals surface area contributed by atoms with Crippen molar-refractivity contribution < 1.29 is 9.47 Å². The van der Waals surface area contributed by atoms with Gasteiger partial charge < -0.3 is 20.5 Å².